The van der Waals surface area contributed by atoms with Gasteiger partial charge in [-0.15, -0.1) is 0 Å². The molecule has 0 spiro atoms. The van der Waals surface area contributed by atoms with Crippen LogP contribution >= 0.6 is 0 Å². The van der Waals surface area contributed by atoms with Crippen molar-refractivity contribution in [2.24, 2.45) is 16.6 Å². The molecule has 2 atom stereocenters. The summed E-state index contributed by atoms with van der Waals surface area (Å²) in [5.74, 6) is 0. The number of nitrogens with two attached hydrogens (primary N) is 1. The van der Waals surface area contributed by atoms with Crippen LogP contribution in [0.2, 0.25) is 0 Å². The highest BCUT2D eigenvalue weighted by molar-refractivity contribution is 5.01. The van der Waals surface area contributed by atoms with Crippen molar-refractivity contribution in [3.63, 3.8) is 0 Å². The fourth-order valence-electron chi connectivity index (χ4n) is 2.77. The van der Waals surface area contributed by atoms with Gasteiger partial charge in [0.1, 0.15) is 0 Å². The molecule has 0 amide bonds. The smallest absolute Gasteiger partial charge is 0.0660 e. The van der Waals surface area contributed by atoms with Gasteiger partial charge in [-0.05, 0) is 31.1 Å². The van der Waals surface area contributed by atoms with Gasteiger partial charge in [-0.2, -0.15) is 0 Å². The first-order chi connectivity index (χ1) is 7.48. The third-order valence-corrected chi connectivity index (χ3v) is 4.09. The van der Waals surface area contributed by atoms with Crippen molar-refractivity contribution < 1.29 is 9.84 Å². The number of aliphatic hydroxyl groups is 1. The standard InChI is InChI=1S/C13H27NO2/c1-4-8-16-9-7-13(10-14)6-5-12(2,3)11(13)15/h11,15H,4-10,14H2,1-3H3. The van der Waals surface area contributed by atoms with E-state index in [4.69, 9.17) is 10.5 Å². The van der Waals surface area contributed by atoms with Gasteiger partial charge < -0.3 is 15.6 Å². The zero-order valence-electron chi connectivity index (χ0n) is 11.0. The molecule has 0 heterocycles. The van der Waals surface area contributed by atoms with Crippen LogP contribution in [-0.2, 0) is 4.74 Å². The summed E-state index contributed by atoms with van der Waals surface area (Å²) in [4.78, 5) is 0. The predicted octanol–water partition coefficient (Wildman–Crippen LogP) is 1.93. The van der Waals surface area contributed by atoms with Gasteiger partial charge in [0.15, 0.2) is 0 Å². The quantitative estimate of drug-likeness (QED) is 0.684. The average molecular weight is 229 g/mol. The molecule has 0 aliphatic heterocycles. The summed E-state index contributed by atoms with van der Waals surface area (Å²) in [5, 5.41) is 10.4. The van der Waals surface area contributed by atoms with Crippen LogP contribution in [0.1, 0.15) is 46.5 Å². The molecule has 0 aromatic carbocycles. The second kappa shape index (κ2) is 5.48. The lowest BCUT2D eigenvalue weighted by Crippen LogP contribution is -2.43. The Balaban J connectivity index is 2.52. The lowest BCUT2D eigenvalue weighted by molar-refractivity contribution is -0.0235. The zero-order valence-corrected chi connectivity index (χ0v) is 11.0. The summed E-state index contributed by atoms with van der Waals surface area (Å²) in [7, 11) is 0. The summed E-state index contributed by atoms with van der Waals surface area (Å²) in [5.41, 5.74) is 5.77. The molecule has 1 aliphatic rings. The molecule has 1 fully saturated rings. The van der Waals surface area contributed by atoms with Crippen molar-refractivity contribution in [1.82, 2.24) is 0 Å². The van der Waals surface area contributed by atoms with E-state index < -0.39 is 0 Å². The van der Waals surface area contributed by atoms with Gasteiger partial charge >= 0.3 is 0 Å². The van der Waals surface area contributed by atoms with E-state index in [9.17, 15) is 5.11 Å². The second-order valence-electron chi connectivity index (χ2n) is 5.82. The van der Waals surface area contributed by atoms with Crippen LogP contribution in [0.15, 0.2) is 0 Å². The maximum atomic E-state index is 10.4. The molecule has 0 aromatic rings. The van der Waals surface area contributed by atoms with Crippen LogP contribution < -0.4 is 5.73 Å². The highest BCUT2D eigenvalue weighted by atomic mass is 16.5. The predicted molar refractivity (Wildman–Crippen MR) is 66.2 cm³/mol. The van der Waals surface area contributed by atoms with Crippen molar-refractivity contribution >= 4 is 0 Å². The molecular formula is C13H27NO2. The Bertz CT molecular complexity index is 218. The monoisotopic (exact) mass is 229 g/mol. The summed E-state index contributed by atoms with van der Waals surface area (Å²) >= 11 is 0. The van der Waals surface area contributed by atoms with Crippen molar-refractivity contribution in [3.05, 3.63) is 0 Å². The minimum atomic E-state index is -0.296. The fraction of sp³-hybridized carbons (Fsp3) is 1.00. The van der Waals surface area contributed by atoms with Gasteiger partial charge in [-0.25, -0.2) is 0 Å². The number of ether oxygens (including phenoxy) is 1. The van der Waals surface area contributed by atoms with Crippen molar-refractivity contribution in [2.45, 2.75) is 52.6 Å². The molecule has 0 aromatic heterocycles. The highest BCUT2D eigenvalue weighted by Crippen LogP contribution is 2.50. The summed E-state index contributed by atoms with van der Waals surface area (Å²) in [6.45, 7) is 8.45. The molecule has 3 nitrogen and oxygen atoms in total. The first-order valence-corrected chi connectivity index (χ1v) is 6.44. The van der Waals surface area contributed by atoms with Gasteiger partial charge in [-0.3, -0.25) is 0 Å². The molecule has 3 N–H and O–H groups in total. The van der Waals surface area contributed by atoms with Crippen molar-refractivity contribution in [3.8, 4) is 0 Å². The van der Waals surface area contributed by atoms with E-state index in [2.05, 4.69) is 20.8 Å². The molecule has 0 radical (unpaired) electrons. The minimum Gasteiger partial charge on any atom is -0.392 e. The minimum absolute atomic E-state index is 0.00409. The topological polar surface area (TPSA) is 55.5 Å². The van der Waals surface area contributed by atoms with Crippen LogP contribution in [0.5, 0.6) is 0 Å². The van der Waals surface area contributed by atoms with Crippen LogP contribution in [0.3, 0.4) is 0 Å². The highest BCUT2D eigenvalue weighted by Gasteiger charge is 2.50. The molecule has 0 saturated heterocycles. The van der Waals surface area contributed by atoms with Crippen LogP contribution in [0, 0.1) is 10.8 Å². The second-order valence-corrected chi connectivity index (χ2v) is 5.82. The number of hydrogen-bond acceptors (Lipinski definition) is 3. The van der Waals surface area contributed by atoms with Gasteiger partial charge in [0.25, 0.3) is 0 Å². The van der Waals surface area contributed by atoms with Crippen LogP contribution in [0.4, 0.5) is 0 Å². The molecular weight excluding hydrogens is 202 g/mol. The molecule has 16 heavy (non-hydrogen) atoms. The Labute approximate surface area is 99.4 Å². The molecule has 1 rings (SSSR count). The normalized spacial score (nSPS) is 33.2. The molecule has 1 saturated carbocycles. The SMILES string of the molecule is CCCOCCC1(CN)CCC(C)(C)C1O. The average Bonchev–Trinajstić information content (AvgIpc) is 2.49. The van der Waals surface area contributed by atoms with Gasteiger partial charge in [0.05, 0.1) is 6.10 Å². The van der Waals surface area contributed by atoms with E-state index in [1.165, 1.54) is 0 Å². The van der Waals surface area contributed by atoms with E-state index in [0.29, 0.717) is 6.54 Å². The Morgan fingerprint density at radius 3 is 2.44 bits per heavy atom. The summed E-state index contributed by atoms with van der Waals surface area (Å²) in [6.07, 6.45) is 3.71. The van der Waals surface area contributed by atoms with E-state index in [1.807, 2.05) is 0 Å². The zero-order chi connectivity index (χ0) is 12.2. The van der Waals surface area contributed by atoms with Gasteiger partial charge in [0.2, 0.25) is 0 Å². The largest absolute Gasteiger partial charge is 0.392 e. The first-order valence-electron chi connectivity index (χ1n) is 6.44. The molecule has 96 valence electrons. The first kappa shape index (κ1) is 13.9. The number of rotatable bonds is 6. The number of aliphatic hydroxyl groups excluding tert-OH is 1. The third-order valence-electron chi connectivity index (χ3n) is 4.09. The van der Waals surface area contributed by atoms with Crippen LogP contribution in [0.25, 0.3) is 0 Å². The fourth-order valence-corrected chi connectivity index (χ4v) is 2.77. The third kappa shape index (κ3) is 2.76. The molecule has 3 heteroatoms. The molecule has 0 bridgehead atoms. The van der Waals surface area contributed by atoms with E-state index in [1.54, 1.807) is 0 Å². The van der Waals surface area contributed by atoms with Crippen molar-refractivity contribution in [1.29, 1.82) is 0 Å². The Morgan fingerprint density at radius 2 is 2.00 bits per heavy atom. The number of hydrogen-bond donors (Lipinski definition) is 2. The maximum absolute atomic E-state index is 10.4. The Kier molecular flexibility index (Phi) is 4.77. The Morgan fingerprint density at radius 1 is 1.31 bits per heavy atom. The summed E-state index contributed by atoms with van der Waals surface area (Å²) in [6, 6.07) is 0. The van der Waals surface area contributed by atoms with Gasteiger partial charge in [-0.1, -0.05) is 20.8 Å². The van der Waals surface area contributed by atoms with E-state index in [-0.39, 0.29) is 16.9 Å². The lowest BCUT2D eigenvalue weighted by Gasteiger charge is -2.35. The van der Waals surface area contributed by atoms with E-state index >= 15 is 0 Å². The molecule has 2 unspecified atom stereocenters. The lowest BCUT2D eigenvalue weighted by atomic mass is 9.76. The molecule has 1 aliphatic carbocycles. The summed E-state index contributed by atoms with van der Waals surface area (Å²) < 4.78 is 5.52. The van der Waals surface area contributed by atoms with E-state index in [0.717, 1.165) is 38.9 Å². The van der Waals surface area contributed by atoms with Crippen molar-refractivity contribution in [2.75, 3.05) is 19.8 Å². The van der Waals surface area contributed by atoms with Crippen LogP contribution in [-0.4, -0.2) is 31.0 Å². The Hall–Kier alpha value is -0.120. The van der Waals surface area contributed by atoms with Gasteiger partial charge in [0, 0.05) is 25.2 Å². The maximum Gasteiger partial charge on any atom is 0.0660 e.